The van der Waals surface area contributed by atoms with Crippen molar-refractivity contribution in [3.8, 4) is 0 Å². The third kappa shape index (κ3) is 5.50. The predicted octanol–water partition coefficient (Wildman–Crippen LogP) is 0.219. The van der Waals surface area contributed by atoms with Gasteiger partial charge in [-0.3, -0.25) is 9.78 Å². The molecule has 1 N–H and O–H groups in total. The number of hydrogen-bond donors (Lipinski definition) is 1. The predicted molar refractivity (Wildman–Crippen MR) is 76.9 cm³/mol. The second kappa shape index (κ2) is 7.16. The fourth-order valence-corrected chi connectivity index (χ4v) is 2.37. The van der Waals surface area contributed by atoms with Gasteiger partial charge in [0.2, 0.25) is 5.91 Å². The zero-order valence-electron chi connectivity index (χ0n) is 11.8. The van der Waals surface area contributed by atoms with Crippen molar-refractivity contribution < 1.29 is 13.2 Å². The van der Waals surface area contributed by atoms with Gasteiger partial charge in [-0.2, -0.15) is 0 Å². The van der Waals surface area contributed by atoms with E-state index < -0.39 is 9.84 Å². The Morgan fingerprint density at radius 2 is 2.15 bits per heavy atom. The van der Waals surface area contributed by atoms with Gasteiger partial charge in [-0.25, -0.2) is 8.42 Å². The summed E-state index contributed by atoms with van der Waals surface area (Å²) in [4.78, 5) is 17.6. The van der Waals surface area contributed by atoms with Crippen LogP contribution in [-0.2, 0) is 21.2 Å². The first kappa shape index (κ1) is 16.3. The highest BCUT2D eigenvalue weighted by Crippen LogP contribution is 2.12. The highest BCUT2D eigenvalue weighted by atomic mass is 32.2. The molecule has 0 unspecified atom stereocenters. The van der Waals surface area contributed by atoms with E-state index in [-0.39, 0.29) is 17.3 Å². The maximum atomic E-state index is 11.6. The van der Waals surface area contributed by atoms with Crippen molar-refractivity contribution in [2.45, 2.75) is 11.4 Å². The molecule has 0 bridgehead atoms. The molecule has 0 aromatic carbocycles. The molecular formula is C13H19N3O3S. The summed E-state index contributed by atoms with van der Waals surface area (Å²) >= 11 is 0. The normalized spacial score (nSPS) is 12.0. The summed E-state index contributed by atoms with van der Waals surface area (Å²) in [6, 6.07) is 3.03. The van der Waals surface area contributed by atoms with E-state index in [0.717, 1.165) is 6.26 Å². The number of carbonyl (C=O) groups excluding carboxylic acids is 1. The van der Waals surface area contributed by atoms with Crippen LogP contribution in [0.4, 0.5) is 0 Å². The lowest BCUT2D eigenvalue weighted by Crippen LogP contribution is -2.23. The number of amides is 1. The molecule has 1 rings (SSSR count). The Kier molecular flexibility index (Phi) is 5.84. The lowest BCUT2D eigenvalue weighted by molar-refractivity contribution is -0.116. The Morgan fingerprint density at radius 3 is 2.75 bits per heavy atom. The lowest BCUT2D eigenvalue weighted by atomic mass is 10.3. The molecule has 20 heavy (non-hydrogen) atoms. The number of aromatic nitrogens is 1. The van der Waals surface area contributed by atoms with Crippen LogP contribution in [-0.4, -0.2) is 51.1 Å². The largest absolute Gasteiger partial charge is 0.347 e. The molecule has 1 aromatic rings. The molecule has 0 spiro atoms. The number of sulfone groups is 1. The number of carbonyl (C=O) groups is 1. The average molecular weight is 297 g/mol. The van der Waals surface area contributed by atoms with Crippen molar-refractivity contribution in [3.63, 3.8) is 0 Å². The van der Waals surface area contributed by atoms with Crippen LogP contribution >= 0.6 is 0 Å². The SMILES string of the molecule is CN(C)C/C=C/C(=O)NCc1ncccc1S(C)(=O)=O. The van der Waals surface area contributed by atoms with Crippen molar-refractivity contribution in [1.82, 2.24) is 15.2 Å². The number of nitrogens with zero attached hydrogens (tertiary/aromatic N) is 2. The van der Waals surface area contributed by atoms with E-state index in [1.807, 2.05) is 19.0 Å². The van der Waals surface area contributed by atoms with Crippen molar-refractivity contribution in [3.05, 3.63) is 36.2 Å². The van der Waals surface area contributed by atoms with E-state index in [1.54, 1.807) is 12.1 Å². The fourth-order valence-electron chi connectivity index (χ4n) is 1.49. The van der Waals surface area contributed by atoms with Crippen LogP contribution in [0.25, 0.3) is 0 Å². The molecule has 0 aliphatic rings. The summed E-state index contributed by atoms with van der Waals surface area (Å²) in [7, 11) is 0.447. The summed E-state index contributed by atoms with van der Waals surface area (Å²) in [6.45, 7) is 0.736. The molecule has 0 saturated heterocycles. The highest BCUT2D eigenvalue weighted by molar-refractivity contribution is 7.90. The Bertz CT molecular complexity index is 595. The molecule has 0 aliphatic heterocycles. The van der Waals surface area contributed by atoms with E-state index in [0.29, 0.717) is 12.2 Å². The zero-order chi connectivity index (χ0) is 15.2. The van der Waals surface area contributed by atoms with E-state index in [2.05, 4.69) is 10.3 Å². The topological polar surface area (TPSA) is 79.4 Å². The smallest absolute Gasteiger partial charge is 0.244 e. The number of hydrogen-bond acceptors (Lipinski definition) is 5. The van der Waals surface area contributed by atoms with Crippen LogP contribution in [0.15, 0.2) is 35.4 Å². The zero-order valence-corrected chi connectivity index (χ0v) is 12.6. The Labute approximate surface area is 119 Å². The van der Waals surface area contributed by atoms with Crippen LogP contribution in [0.1, 0.15) is 5.69 Å². The molecular weight excluding hydrogens is 278 g/mol. The average Bonchev–Trinajstić information content (AvgIpc) is 2.35. The molecule has 0 saturated carbocycles. The number of nitrogens with one attached hydrogen (secondary N) is 1. The van der Waals surface area contributed by atoms with Gasteiger partial charge in [0.1, 0.15) is 0 Å². The van der Waals surface area contributed by atoms with Crippen molar-refractivity contribution >= 4 is 15.7 Å². The maximum absolute atomic E-state index is 11.6. The third-order valence-electron chi connectivity index (χ3n) is 2.42. The second-order valence-corrected chi connectivity index (χ2v) is 6.59. The molecule has 6 nitrogen and oxygen atoms in total. The summed E-state index contributed by atoms with van der Waals surface area (Å²) in [5, 5.41) is 2.61. The first-order valence-corrected chi connectivity index (χ1v) is 7.93. The number of pyridine rings is 1. The molecule has 1 aromatic heterocycles. The molecule has 0 fully saturated rings. The Morgan fingerprint density at radius 1 is 1.45 bits per heavy atom. The van der Waals surface area contributed by atoms with Gasteiger partial charge in [-0.1, -0.05) is 6.08 Å². The third-order valence-corrected chi connectivity index (χ3v) is 3.59. The minimum absolute atomic E-state index is 0.0778. The van der Waals surface area contributed by atoms with E-state index >= 15 is 0 Å². The summed E-state index contributed by atoms with van der Waals surface area (Å²) < 4.78 is 23.1. The quantitative estimate of drug-likeness (QED) is 0.760. The minimum Gasteiger partial charge on any atom is -0.347 e. The monoisotopic (exact) mass is 297 g/mol. The van der Waals surface area contributed by atoms with Crippen LogP contribution in [0.5, 0.6) is 0 Å². The summed E-state index contributed by atoms with van der Waals surface area (Å²) in [5.74, 6) is -0.281. The summed E-state index contributed by atoms with van der Waals surface area (Å²) in [6.07, 6.45) is 5.76. The second-order valence-electron chi connectivity index (χ2n) is 4.60. The lowest BCUT2D eigenvalue weighted by Gasteiger charge is -2.07. The van der Waals surface area contributed by atoms with Gasteiger partial charge in [0.15, 0.2) is 9.84 Å². The van der Waals surface area contributed by atoms with E-state index in [9.17, 15) is 13.2 Å². The Hall–Kier alpha value is -1.73. The highest BCUT2D eigenvalue weighted by Gasteiger charge is 2.13. The Balaban J connectivity index is 2.67. The number of likely N-dealkylation sites (N-methyl/N-ethyl adjacent to an activating group) is 1. The molecule has 0 radical (unpaired) electrons. The molecule has 110 valence electrons. The molecule has 1 heterocycles. The standard InChI is InChI=1S/C13H19N3O3S/c1-16(2)9-5-7-13(17)15-10-11-12(20(3,18)19)6-4-8-14-11/h4-8H,9-10H2,1-3H3,(H,15,17)/b7-5+. The van der Waals surface area contributed by atoms with Gasteiger partial charge < -0.3 is 10.2 Å². The van der Waals surface area contributed by atoms with E-state index in [4.69, 9.17) is 0 Å². The maximum Gasteiger partial charge on any atom is 0.244 e. The van der Waals surface area contributed by atoms with Gasteiger partial charge >= 0.3 is 0 Å². The van der Waals surface area contributed by atoms with Gasteiger partial charge in [-0.15, -0.1) is 0 Å². The molecule has 0 atom stereocenters. The first-order valence-electron chi connectivity index (χ1n) is 6.03. The van der Waals surface area contributed by atoms with Crippen molar-refractivity contribution in [2.24, 2.45) is 0 Å². The van der Waals surface area contributed by atoms with Gasteiger partial charge in [0, 0.05) is 25.1 Å². The fraction of sp³-hybridized carbons (Fsp3) is 0.385. The van der Waals surface area contributed by atoms with Crippen LogP contribution in [0, 0.1) is 0 Å². The van der Waals surface area contributed by atoms with Gasteiger partial charge in [0.25, 0.3) is 0 Å². The van der Waals surface area contributed by atoms with Gasteiger partial charge in [0.05, 0.1) is 17.1 Å². The van der Waals surface area contributed by atoms with E-state index in [1.165, 1.54) is 18.3 Å². The van der Waals surface area contributed by atoms with Crippen molar-refractivity contribution in [1.29, 1.82) is 0 Å². The van der Waals surface area contributed by atoms with Gasteiger partial charge in [-0.05, 0) is 26.2 Å². The number of rotatable bonds is 6. The molecule has 0 aliphatic carbocycles. The first-order chi connectivity index (χ1) is 9.30. The molecule has 7 heteroatoms. The minimum atomic E-state index is -3.35. The molecule has 1 amide bonds. The van der Waals surface area contributed by atoms with Crippen LogP contribution in [0.3, 0.4) is 0 Å². The van der Waals surface area contributed by atoms with Crippen molar-refractivity contribution in [2.75, 3.05) is 26.9 Å². The summed E-state index contributed by atoms with van der Waals surface area (Å²) in [5.41, 5.74) is 0.337. The van der Waals surface area contributed by atoms with Crippen LogP contribution < -0.4 is 5.32 Å². The van der Waals surface area contributed by atoms with Crippen LogP contribution in [0.2, 0.25) is 0 Å².